The molecule has 3 heteroatoms. The average Bonchev–Trinajstić information content (AvgIpc) is 2.66. The topological polar surface area (TPSA) is 50.4 Å². The van der Waals surface area contributed by atoms with Gasteiger partial charge in [-0.2, -0.15) is 0 Å². The summed E-state index contributed by atoms with van der Waals surface area (Å²) in [6.07, 6.45) is 6.23. The van der Waals surface area contributed by atoms with Crippen molar-refractivity contribution in [2.45, 2.75) is 33.8 Å². The molecule has 0 spiro atoms. The van der Waals surface area contributed by atoms with Gasteiger partial charge in [0.25, 0.3) is 0 Å². The standard InChI is InChI=1S/C23H26O3/c1-5-16(2)12-13-17(3)22(24)21-15-18(4)20-11-7-6-9-19(20)10-8-14-26-23(21)25/h5-15,17,22,24H,1-4H3/b13-12-,14-8?,16-5-,19-10?,20-18?,21-15?. The number of aliphatic hydroxyl groups excluding tert-OH is 1. The first-order valence-corrected chi connectivity index (χ1v) is 8.78. The van der Waals surface area contributed by atoms with Crippen molar-refractivity contribution in [3.63, 3.8) is 0 Å². The number of hydrogen-bond acceptors (Lipinski definition) is 3. The Kier molecular flexibility index (Phi) is 6.93. The summed E-state index contributed by atoms with van der Waals surface area (Å²) in [6.45, 7) is 7.76. The third kappa shape index (κ3) is 4.93. The Balaban J connectivity index is 2.63. The maximum atomic E-state index is 12.5. The van der Waals surface area contributed by atoms with Crippen LogP contribution >= 0.6 is 0 Å². The highest BCUT2D eigenvalue weighted by atomic mass is 16.4. The van der Waals surface area contributed by atoms with Crippen LogP contribution in [0, 0.1) is 12.8 Å². The molecule has 1 aromatic carbocycles. The monoisotopic (exact) mass is 350 g/mol. The molecule has 0 aliphatic heterocycles. The Morgan fingerprint density at radius 2 is 1.88 bits per heavy atom. The summed E-state index contributed by atoms with van der Waals surface area (Å²) in [5.74, 6) is -0.231. The normalized spacial score (nSPS) is 14.3. The van der Waals surface area contributed by atoms with Crippen LogP contribution in [0.5, 0.6) is 0 Å². The molecule has 1 N–H and O–H groups in total. The summed E-state index contributed by atoms with van der Waals surface area (Å²) in [7, 11) is 0. The SMILES string of the molecule is C/C=C(C)\C=C/C(C)C(O)c1cc(C)c2ccccc2cccoc1=O. The Bertz CT molecular complexity index is 933. The van der Waals surface area contributed by atoms with E-state index in [2.05, 4.69) is 0 Å². The van der Waals surface area contributed by atoms with Crippen LogP contribution in [-0.2, 0) is 0 Å². The van der Waals surface area contributed by atoms with E-state index >= 15 is 0 Å². The van der Waals surface area contributed by atoms with Gasteiger partial charge in [-0.1, -0.05) is 61.1 Å². The second kappa shape index (κ2) is 9.16. The number of hydrogen-bond donors (Lipinski definition) is 1. The molecule has 136 valence electrons. The van der Waals surface area contributed by atoms with Gasteiger partial charge < -0.3 is 9.52 Å². The number of aryl methyl sites for hydroxylation is 1. The van der Waals surface area contributed by atoms with E-state index in [0.29, 0.717) is 0 Å². The molecule has 0 aliphatic rings. The highest BCUT2D eigenvalue weighted by Crippen LogP contribution is 2.23. The van der Waals surface area contributed by atoms with E-state index in [0.717, 1.165) is 21.9 Å². The molecule has 0 amide bonds. The van der Waals surface area contributed by atoms with Crippen molar-refractivity contribution in [2.24, 2.45) is 5.92 Å². The zero-order valence-corrected chi connectivity index (χ0v) is 15.8. The van der Waals surface area contributed by atoms with E-state index in [-0.39, 0.29) is 11.5 Å². The predicted octanol–water partition coefficient (Wildman–Crippen LogP) is 5.42. The van der Waals surface area contributed by atoms with Crippen LogP contribution < -0.4 is 5.63 Å². The van der Waals surface area contributed by atoms with Crippen LogP contribution in [0.2, 0.25) is 0 Å². The predicted molar refractivity (Wildman–Crippen MR) is 108 cm³/mol. The number of aliphatic hydroxyl groups is 1. The van der Waals surface area contributed by atoms with Gasteiger partial charge in [0.15, 0.2) is 0 Å². The van der Waals surface area contributed by atoms with Gasteiger partial charge in [0.1, 0.15) is 0 Å². The molecule has 26 heavy (non-hydrogen) atoms. The minimum absolute atomic E-state index is 0.231. The molecular formula is C23H26O3. The van der Waals surface area contributed by atoms with Crippen molar-refractivity contribution in [1.82, 2.24) is 0 Å². The summed E-state index contributed by atoms with van der Waals surface area (Å²) in [6, 6.07) is 13.2. The summed E-state index contributed by atoms with van der Waals surface area (Å²) in [5.41, 5.74) is 1.71. The van der Waals surface area contributed by atoms with E-state index in [9.17, 15) is 9.90 Å². The second-order valence-electron chi connectivity index (χ2n) is 6.47. The van der Waals surface area contributed by atoms with Crippen LogP contribution in [-0.4, -0.2) is 5.11 Å². The van der Waals surface area contributed by atoms with Gasteiger partial charge in [-0.25, -0.2) is 4.79 Å². The molecule has 0 bridgehead atoms. The van der Waals surface area contributed by atoms with Gasteiger partial charge >= 0.3 is 5.63 Å². The van der Waals surface area contributed by atoms with E-state index in [1.165, 1.54) is 6.26 Å². The van der Waals surface area contributed by atoms with Crippen molar-refractivity contribution in [2.75, 3.05) is 0 Å². The number of fused-ring (bicyclic) bond motifs is 1. The van der Waals surface area contributed by atoms with Crippen molar-refractivity contribution in [3.05, 3.63) is 94.1 Å². The van der Waals surface area contributed by atoms with Gasteiger partial charge in [0.2, 0.25) is 0 Å². The minimum Gasteiger partial charge on any atom is -0.431 e. The van der Waals surface area contributed by atoms with Crippen molar-refractivity contribution in [3.8, 4) is 0 Å². The fourth-order valence-corrected chi connectivity index (χ4v) is 2.68. The van der Waals surface area contributed by atoms with Crippen LogP contribution in [0.3, 0.4) is 0 Å². The quantitative estimate of drug-likeness (QED) is 0.749. The van der Waals surface area contributed by atoms with Crippen molar-refractivity contribution in [1.29, 1.82) is 0 Å². The number of allylic oxidation sites excluding steroid dienone is 3. The lowest BCUT2D eigenvalue weighted by Gasteiger charge is -2.14. The lowest BCUT2D eigenvalue weighted by Crippen LogP contribution is -2.15. The van der Waals surface area contributed by atoms with Crippen LogP contribution in [0.15, 0.2) is 81.7 Å². The molecule has 0 fully saturated rings. The third-order valence-corrected chi connectivity index (χ3v) is 4.46. The average molecular weight is 350 g/mol. The van der Waals surface area contributed by atoms with E-state index < -0.39 is 11.7 Å². The molecule has 2 aromatic rings. The number of benzene rings is 1. The summed E-state index contributed by atoms with van der Waals surface area (Å²) >= 11 is 0. The van der Waals surface area contributed by atoms with Gasteiger partial charge in [0.05, 0.1) is 17.9 Å². The first-order chi connectivity index (χ1) is 12.4. The Morgan fingerprint density at radius 1 is 1.19 bits per heavy atom. The Morgan fingerprint density at radius 3 is 2.62 bits per heavy atom. The van der Waals surface area contributed by atoms with Crippen LogP contribution in [0.4, 0.5) is 0 Å². The summed E-state index contributed by atoms with van der Waals surface area (Å²) < 4.78 is 5.18. The maximum absolute atomic E-state index is 12.5. The molecule has 1 aromatic heterocycles. The van der Waals surface area contributed by atoms with Crippen molar-refractivity contribution >= 4 is 10.8 Å². The van der Waals surface area contributed by atoms with Gasteiger partial charge in [-0.3, -0.25) is 0 Å². The summed E-state index contributed by atoms with van der Waals surface area (Å²) in [5, 5.41) is 12.8. The fraction of sp³-hybridized carbons (Fsp3) is 0.261. The van der Waals surface area contributed by atoms with Gasteiger partial charge in [0, 0.05) is 5.92 Å². The molecular weight excluding hydrogens is 324 g/mol. The smallest absolute Gasteiger partial charge is 0.341 e. The van der Waals surface area contributed by atoms with E-state index in [1.807, 2.05) is 76.3 Å². The zero-order valence-electron chi connectivity index (χ0n) is 15.8. The van der Waals surface area contributed by atoms with E-state index in [1.54, 1.807) is 12.1 Å². The third-order valence-electron chi connectivity index (χ3n) is 4.46. The fourth-order valence-electron chi connectivity index (χ4n) is 2.68. The van der Waals surface area contributed by atoms with E-state index in [4.69, 9.17) is 4.42 Å². The highest BCUT2D eigenvalue weighted by molar-refractivity contribution is 5.84. The molecule has 3 nitrogen and oxygen atoms in total. The Hall–Kier alpha value is -2.65. The largest absolute Gasteiger partial charge is 0.431 e. The van der Waals surface area contributed by atoms with Crippen molar-refractivity contribution < 1.29 is 9.52 Å². The molecule has 0 aliphatic carbocycles. The second-order valence-corrected chi connectivity index (χ2v) is 6.47. The first kappa shape index (κ1) is 19.7. The maximum Gasteiger partial charge on any atom is 0.341 e. The lowest BCUT2D eigenvalue weighted by atomic mass is 9.96. The minimum atomic E-state index is -0.956. The molecule has 0 saturated carbocycles. The highest BCUT2D eigenvalue weighted by Gasteiger charge is 2.17. The van der Waals surface area contributed by atoms with Crippen LogP contribution in [0.25, 0.3) is 10.8 Å². The molecule has 2 atom stereocenters. The Labute approximate surface area is 154 Å². The molecule has 0 radical (unpaired) electrons. The first-order valence-electron chi connectivity index (χ1n) is 8.78. The molecule has 2 rings (SSSR count). The van der Waals surface area contributed by atoms with Crippen LogP contribution in [0.1, 0.15) is 38.0 Å². The summed E-state index contributed by atoms with van der Waals surface area (Å²) in [4.78, 5) is 12.5. The molecule has 1 heterocycles. The zero-order chi connectivity index (χ0) is 19.1. The molecule has 0 saturated heterocycles. The molecule has 2 unspecified atom stereocenters. The van der Waals surface area contributed by atoms with Gasteiger partial charge in [-0.15, -0.1) is 0 Å². The lowest BCUT2D eigenvalue weighted by molar-refractivity contribution is 0.135. The number of rotatable bonds is 4. The van der Waals surface area contributed by atoms with Gasteiger partial charge in [-0.05, 0) is 49.2 Å².